The van der Waals surface area contributed by atoms with E-state index in [9.17, 15) is 23.5 Å². The van der Waals surface area contributed by atoms with Gasteiger partial charge in [-0.05, 0) is 24.0 Å². The predicted molar refractivity (Wildman–Crippen MR) is 129 cm³/mol. The van der Waals surface area contributed by atoms with Gasteiger partial charge in [0.1, 0.15) is 5.69 Å². The fourth-order valence-corrected chi connectivity index (χ4v) is 4.76. The Morgan fingerprint density at radius 3 is 2.43 bits per heavy atom. The molecule has 1 aromatic rings. The van der Waals surface area contributed by atoms with Crippen LogP contribution in [0.15, 0.2) is 18.6 Å². The zero-order chi connectivity index (χ0) is 27.3. The fraction of sp³-hybridized carbons (Fsp3) is 0.611. The maximum atomic E-state index is 12.0. The molecule has 204 valence electrons. The molecule has 16 nitrogen and oxygen atoms in total. The first-order valence-corrected chi connectivity index (χ1v) is 14.3. The quantitative estimate of drug-likeness (QED) is 0.0884. The molecule has 6 N–H and O–H groups in total. The number of carbonyl (C=O) groups excluding carboxylic acids is 3. The highest BCUT2D eigenvalue weighted by Crippen LogP contribution is 2.49. The van der Waals surface area contributed by atoms with Gasteiger partial charge < -0.3 is 29.7 Å². The molecule has 0 aliphatic carbocycles. The first-order valence-electron chi connectivity index (χ1n) is 11.3. The average Bonchev–Trinajstić information content (AvgIpc) is 2.83. The lowest BCUT2D eigenvalue weighted by atomic mass is 9.90. The van der Waals surface area contributed by atoms with Gasteiger partial charge in [0, 0.05) is 45.1 Å². The van der Waals surface area contributed by atoms with Gasteiger partial charge in [0.2, 0.25) is 11.8 Å². The van der Waals surface area contributed by atoms with Crippen molar-refractivity contribution in [3.05, 3.63) is 24.3 Å². The van der Waals surface area contributed by atoms with Gasteiger partial charge in [-0.2, -0.15) is 4.89 Å². The molecule has 3 amide bonds. The van der Waals surface area contributed by atoms with Crippen LogP contribution in [0.5, 0.6) is 0 Å². The number of carbonyl (C=O) groups is 3. The van der Waals surface area contributed by atoms with Crippen molar-refractivity contribution in [2.24, 2.45) is 0 Å². The molecule has 1 aliphatic heterocycles. The summed E-state index contributed by atoms with van der Waals surface area (Å²) in [6, 6.07) is 0. The fourth-order valence-electron chi connectivity index (χ4n) is 3.16. The number of hydrogen-bond acceptors (Lipinski definition) is 10. The van der Waals surface area contributed by atoms with E-state index in [-0.39, 0.29) is 25.1 Å². The van der Waals surface area contributed by atoms with Crippen LogP contribution in [0.25, 0.3) is 0 Å². The highest BCUT2D eigenvalue weighted by atomic mass is 31.2. The van der Waals surface area contributed by atoms with Gasteiger partial charge in [-0.15, -0.1) is 0 Å². The molecule has 0 bridgehead atoms. The second-order valence-corrected chi connectivity index (χ2v) is 11.1. The van der Waals surface area contributed by atoms with Gasteiger partial charge >= 0.3 is 28.3 Å². The van der Waals surface area contributed by atoms with Crippen LogP contribution in [-0.2, 0) is 28.0 Å². The summed E-state index contributed by atoms with van der Waals surface area (Å²) in [4.78, 5) is 72.4. The van der Waals surface area contributed by atoms with E-state index < -0.39 is 46.0 Å². The number of aromatic nitrogens is 2. The van der Waals surface area contributed by atoms with E-state index in [0.29, 0.717) is 45.7 Å². The summed E-state index contributed by atoms with van der Waals surface area (Å²) in [7, 11) is -8.85. The third kappa shape index (κ3) is 12.2. The van der Waals surface area contributed by atoms with Crippen molar-refractivity contribution in [3.63, 3.8) is 0 Å². The number of unbranched alkanes of at least 4 members (excludes halogenated alkanes) is 1. The number of nitrogens with zero attached hydrogens (tertiary/aromatic N) is 3. The van der Waals surface area contributed by atoms with Crippen molar-refractivity contribution in [1.29, 1.82) is 0 Å². The Balaban J connectivity index is 1.58. The largest absolute Gasteiger partial charge is 0.544 e. The predicted octanol–water partition coefficient (Wildman–Crippen LogP) is -1.82. The SMILES string of the molecule is O=C(CNC(=O)c1cnccn1)NCB1OCCN(CCCCC(=O)NC([P+](=O)O)P(=O)(O)O)CCO1. The molecular formula is C18H30BN6O10P2+. The van der Waals surface area contributed by atoms with Crippen LogP contribution in [0.1, 0.15) is 29.8 Å². The molecule has 1 aromatic heterocycles. The summed E-state index contributed by atoms with van der Waals surface area (Å²) in [5.74, 6) is -1.66. The molecular weight excluding hydrogens is 533 g/mol. The molecule has 0 saturated carbocycles. The van der Waals surface area contributed by atoms with E-state index in [1.54, 1.807) is 0 Å². The average molecular weight is 563 g/mol. The van der Waals surface area contributed by atoms with Crippen LogP contribution in [0.4, 0.5) is 0 Å². The van der Waals surface area contributed by atoms with Crippen LogP contribution in [-0.4, -0.2) is 106 Å². The van der Waals surface area contributed by atoms with Crippen molar-refractivity contribution in [1.82, 2.24) is 30.8 Å². The molecule has 2 unspecified atom stereocenters. The van der Waals surface area contributed by atoms with E-state index in [4.69, 9.17) is 24.0 Å². The Morgan fingerprint density at radius 1 is 1.14 bits per heavy atom. The maximum absolute atomic E-state index is 12.0. The van der Waals surface area contributed by atoms with Crippen LogP contribution in [0.3, 0.4) is 0 Å². The lowest BCUT2D eigenvalue weighted by Crippen LogP contribution is -2.46. The number of rotatable bonds is 13. The molecule has 2 atom stereocenters. The summed E-state index contributed by atoms with van der Waals surface area (Å²) in [6.45, 7) is 2.20. The Morgan fingerprint density at radius 2 is 1.84 bits per heavy atom. The number of amides is 3. The topological polar surface area (TPSA) is 230 Å². The first-order chi connectivity index (χ1) is 17.6. The van der Waals surface area contributed by atoms with Gasteiger partial charge in [0.15, 0.2) is 0 Å². The standard InChI is InChI=1S/C18H29BN6O10P2/c26-15(24-18(36(29)30)37(31,32)33)3-1-2-6-25-7-9-34-19(35-10-8-25)13-23-16(27)12-22-17(28)14-11-20-4-5-21-14/h4-5,11,18H,1-3,6-10,12-13H2,(H5-,22,23,24,26,27,28,29,30,31,32,33)/p+1. The third-order valence-electron chi connectivity index (χ3n) is 5.04. The minimum absolute atomic E-state index is 0.0541. The van der Waals surface area contributed by atoms with Gasteiger partial charge in [-0.25, -0.2) is 4.98 Å². The first kappa shape index (κ1) is 30.9. The minimum Gasteiger partial charge on any atom is -0.409 e. The van der Waals surface area contributed by atoms with Crippen molar-refractivity contribution >= 4 is 40.5 Å². The zero-order valence-electron chi connectivity index (χ0n) is 19.9. The second-order valence-electron chi connectivity index (χ2n) is 7.88. The monoisotopic (exact) mass is 563 g/mol. The highest BCUT2D eigenvalue weighted by Gasteiger charge is 2.46. The maximum Gasteiger partial charge on any atom is 0.544 e. The smallest absolute Gasteiger partial charge is 0.409 e. The second kappa shape index (κ2) is 15.8. The third-order valence-corrected chi connectivity index (χ3v) is 7.85. The van der Waals surface area contributed by atoms with E-state index >= 15 is 0 Å². The molecule has 0 radical (unpaired) electrons. The molecule has 2 heterocycles. The Labute approximate surface area is 214 Å². The molecule has 1 aliphatic rings. The van der Waals surface area contributed by atoms with E-state index in [1.165, 1.54) is 18.6 Å². The van der Waals surface area contributed by atoms with Crippen LogP contribution in [0, 0.1) is 0 Å². The van der Waals surface area contributed by atoms with Crippen LogP contribution < -0.4 is 16.0 Å². The van der Waals surface area contributed by atoms with Gasteiger partial charge in [-0.1, -0.05) is 0 Å². The normalized spacial score (nSPS) is 16.2. The van der Waals surface area contributed by atoms with Crippen LogP contribution in [0.2, 0.25) is 0 Å². The van der Waals surface area contributed by atoms with Crippen molar-refractivity contribution in [2.75, 3.05) is 45.8 Å². The van der Waals surface area contributed by atoms with E-state index in [2.05, 4.69) is 25.5 Å². The van der Waals surface area contributed by atoms with Gasteiger partial charge in [0.05, 0.1) is 19.2 Å². The lowest BCUT2D eigenvalue weighted by Gasteiger charge is -2.27. The Kier molecular flexibility index (Phi) is 13.2. The lowest BCUT2D eigenvalue weighted by molar-refractivity contribution is -0.121. The molecule has 0 spiro atoms. The van der Waals surface area contributed by atoms with Crippen LogP contribution >= 0.6 is 15.6 Å². The molecule has 37 heavy (non-hydrogen) atoms. The van der Waals surface area contributed by atoms with Crippen molar-refractivity contribution in [3.8, 4) is 0 Å². The molecule has 1 fully saturated rings. The van der Waals surface area contributed by atoms with E-state index in [1.807, 2.05) is 5.32 Å². The van der Waals surface area contributed by atoms with Crippen molar-refractivity contribution < 1.29 is 47.5 Å². The number of nitrogens with one attached hydrogen (secondary N) is 3. The molecule has 0 aromatic carbocycles. The van der Waals surface area contributed by atoms with E-state index in [0.717, 1.165) is 0 Å². The van der Waals surface area contributed by atoms with Crippen molar-refractivity contribution in [2.45, 2.75) is 24.8 Å². The summed E-state index contributed by atoms with van der Waals surface area (Å²) in [6.07, 6.45) is 5.14. The number of hydrogen-bond donors (Lipinski definition) is 6. The summed E-state index contributed by atoms with van der Waals surface area (Å²) in [5.41, 5.74) is -2.01. The summed E-state index contributed by atoms with van der Waals surface area (Å²) < 4.78 is 33.5. The van der Waals surface area contributed by atoms with Gasteiger partial charge in [0.25, 0.3) is 5.91 Å². The van der Waals surface area contributed by atoms with Gasteiger partial charge in [-0.3, -0.25) is 34.1 Å². The Bertz CT molecular complexity index is 962. The summed E-state index contributed by atoms with van der Waals surface area (Å²) >= 11 is 0. The molecule has 1 saturated heterocycles. The molecule has 19 heteroatoms. The minimum atomic E-state index is -4.94. The molecule has 2 rings (SSSR count). The summed E-state index contributed by atoms with van der Waals surface area (Å²) in [5, 5.41) is 6.98. The Hall–Kier alpha value is -2.36. The highest BCUT2D eigenvalue weighted by molar-refractivity contribution is 7.65. The zero-order valence-corrected chi connectivity index (χ0v) is 21.7.